The minimum absolute atomic E-state index is 0.0978. The monoisotopic (exact) mass is 338 g/mol. The zero-order valence-electron chi connectivity index (χ0n) is 14.2. The highest BCUT2D eigenvalue weighted by molar-refractivity contribution is 5.95. The van der Waals surface area contributed by atoms with Crippen LogP contribution in [0.15, 0.2) is 23.1 Å². The summed E-state index contributed by atoms with van der Waals surface area (Å²) >= 11 is 0. The van der Waals surface area contributed by atoms with Crippen molar-refractivity contribution >= 4 is 5.91 Å². The van der Waals surface area contributed by atoms with Gasteiger partial charge in [-0.05, 0) is 43.4 Å². The summed E-state index contributed by atoms with van der Waals surface area (Å²) in [6.45, 7) is 1.78. The minimum atomic E-state index is -0.153. The number of aromatic nitrogens is 2. The van der Waals surface area contributed by atoms with Gasteiger partial charge in [-0.1, -0.05) is 0 Å². The third-order valence-electron chi connectivity index (χ3n) is 5.08. The Morgan fingerprint density at radius 3 is 3.04 bits per heavy atom. The molecule has 0 fully saturated rings. The zero-order valence-corrected chi connectivity index (χ0v) is 14.2. The Bertz CT molecular complexity index is 872. The van der Waals surface area contributed by atoms with Crippen LogP contribution in [0.4, 0.5) is 0 Å². The van der Waals surface area contributed by atoms with Gasteiger partial charge in [0.25, 0.3) is 11.5 Å². The molecule has 0 radical (unpaired) electrons. The van der Waals surface area contributed by atoms with Crippen molar-refractivity contribution in [2.75, 3.05) is 6.54 Å². The lowest BCUT2D eigenvalue weighted by Gasteiger charge is -2.19. The van der Waals surface area contributed by atoms with E-state index in [0.717, 1.165) is 55.6 Å². The Morgan fingerprint density at radius 2 is 2.12 bits per heavy atom. The lowest BCUT2D eigenvalue weighted by molar-refractivity contribution is 0.0949. The summed E-state index contributed by atoms with van der Waals surface area (Å²) < 4.78 is 0. The van der Waals surface area contributed by atoms with Gasteiger partial charge < -0.3 is 15.6 Å². The first-order chi connectivity index (χ1) is 12.2. The van der Waals surface area contributed by atoms with E-state index in [4.69, 9.17) is 0 Å². The lowest BCUT2D eigenvalue weighted by Crippen LogP contribution is -2.31. The Balaban J connectivity index is 1.52. The van der Waals surface area contributed by atoms with Gasteiger partial charge >= 0.3 is 0 Å². The molecule has 2 aromatic rings. The van der Waals surface area contributed by atoms with Crippen LogP contribution in [0.2, 0.25) is 0 Å². The van der Waals surface area contributed by atoms with E-state index in [2.05, 4.69) is 20.6 Å². The van der Waals surface area contributed by atoms with Gasteiger partial charge in [0.05, 0.1) is 0 Å². The molecule has 1 aliphatic carbocycles. The SMILES string of the molecule is O=C(NCc1cc2c([nH]c1=O)CCCC2)c1ccnc2c1CNCC2. The molecule has 6 nitrogen and oxygen atoms in total. The van der Waals surface area contributed by atoms with Crippen LogP contribution in [-0.2, 0) is 32.4 Å². The molecule has 0 aromatic carbocycles. The van der Waals surface area contributed by atoms with Gasteiger partial charge in [0, 0.05) is 60.3 Å². The molecule has 1 aliphatic heterocycles. The fraction of sp³-hybridized carbons (Fsp3) is 0.421. The van der Waals surface area contributed by atoms with Crippen LogP contribution in [0.5, 0.6) is 0 Å². The van der Waals surface area contributed by atoms with E-state index in [-0.39, 0.29) is 18.0 Å². The average Bonchev–Trinajstić information content (AvgIpc) is 2.65. The van der Waals surface area contributed by atoms with E-state index in [9.17, 15) is 9.59 Å². The molecular formula is C19H22N4O2. The highest BCUT2D eigenvalue weighted by atomic mass is 16.1. The van der Waals surface area contributed by atoms with Crippen LogP contribution in [0.25, 0.3) is 0 Å². The van der Waals surface area contributed by atoms with E-state index in [1.165, 1.54) is 5.56 Å². The highest BCUT2D eigenvalue weighted by Gasteiger charge is 2.19. The second-order valence-corrected chi connectivity index (χ2v) is 6.73. The molecule has 0 atom stereocenters. The second kappa shape index (κ2) is 6.80. The van der Waals surface area contributed by atoms with Crippen molar-refractivity contribution in [2.24, 2.45) is 0 Å². The summed E-state index contributed by atoms with van der Waals surface area (Å²) in [4.78, 5) is 32.2. The second-order valence-electron chi connectivity index (χ2n) is 6.73. The Morgan fingerprint density at radius 1 is 1.24 bits per heavy atom. The van der Waals surface area contributed by atoms with Crippen molar-refractivity contribution in [3.05, 3.63) is 62.3 Å². The number of pyridine rings is 2. The van der Waals surface area contributed by atoms with Crippen LogP contribution in [0.1, 0.15) is 51.3 Å². The van der Waals surface area contributed by atoms with Crippen molar-refractivity contribution in [3.63, 3.8) is 0 Å². The van der Waals surface area contributed by atoms with Crippen molar-refractivity contribution in [3.8, 4) is 0 Å². The van der Waals surface area contributed by atoms with Gasteiger partial charge in [-0.15, -0.1) is 0 Å². The van der Waals surface area contributed by atoms with E-state index < -0.39 is 0 Å². The maximum Gasteiger partial charge on any atom is 0.253 e. The number of hydrogen-bond acceptors (Lipinski definition) is 4. The van der Waals surface area contributed by atoms with Crippen LogP contribution in [0, 0.1) is 0 Å². The van der Waals surface area contributed by atoms with Crippen LogP contribution >= 0.6 is 0 Å². The van der Waals surface area contributed by atoms with E-state index in [1.807, 2.05) is 6.07 Å². The number of nitrogens with zero attached hydrogens (tertiary/aromatic N) is 1. The summed E-state index contributed by atoms with van der Waals surface area (Å²) in [6, 6.07) is 3.70. The summed E-state index contributed by atoms with van der Waals surface area (Å²) in [5.41, 5.74) is 5.38. The number of aryl methyl sites for hydroxylation is 2. The van der Waals surface area contributed by atoms with E-state index in [1.54, 1.807) is 12.3 Å². The van der Waals surface area contributed by atoms with Gasteiger partial charge in [0.1, 0.15) is 0 Å². The molecule has 2 aliphatic rings. The number of carbonyl (C=O) groups excluding carboxylic acids is 1. The van der Waals surface area contributed by atoms with Crippen LogP contribution in [-0.4, -0.2) is 22.4 Å². The summed E-state index contributed by atoms with van der Waals surface area (Å²) in [6.07, 6.45) is 6.73. The summed E-state index contributed by atoms with van der Waals surface area (Å²) in [7, 11) is 0. The number of H-pyrrole nitrogens is 1. The maximum atomic E-state index is 12.6. The molecule has 0 spiro atoms. The zero-order chi connectivity index (χ0) is 17.2. The fourth-order valence-electron chi connectivity index (χ4n) is 3.71. The first-order valence-electron chi connectivity index (χ1n) is 8.92. The third kappa shape index (κ3) is 3.22. The molecule has 3 heterocycles. The quantitative estimate of drug-likeness (QED) is 0.785. The number of hydrogen-bond donors (Lipinski definition) is 3. The lowest BCUT2D eigenvalue weighted by atomic mass is 9.95. The fourth-order valence-corrected chi connectivity index (χ4v) is 3.71. The predicted octanol–water partition coefficient (Wildman–Crippen LogP) is 1.22. The average molecular weight is 338 g/mol. The molecule has 0 bridgehead atoms. The number of carbonyl (C=O) groups is 1. The molecular weight excluding hydrogens is 316 g/mol. The molecule has 130 valence electrons. The minimum Gasteiger partial charge on any atom is -0.348 e. The van der Waals surface area contributed by atoms with E-state index in [0.29, 0.717) is 17.7 Å². The van der Waals surface area contributed by atoms with Gasteiger partial charge in [0.2, 0.25) is 0 Å². The van der Waals surface area contributed by atoms with Crippen LogP contribution in [0.3, 0.4) is 0 Å². The first-order valence-corrected chi connectivity index (χ1v) is 8.92. The van der Waals surface area contributed by atoms with Gasteiger partial charge in [-0.3, -0.25) is 14.6 Å². The number of aromatic amines is 1. The maximum absolute atomic E-state index is 12.6. The number of amides is 1. The largest absolute Gasteiger partial charge is 0.348 e. The van der Waals surface area contributed by atoms with Gasteiger partial charge in [-0.2, -0.15) is 0 Å². The van der Waals surface area contributed by atoms with Crippen molar-refractivity contribution < 1.29 is 4.79 Å². The Labute approximate surface area is 146 Å². The van der Waals surface area contributed by atoms with Crippen LogP contribution < -0.4 is 16.2 Å². The predicted molar refractivity (Wildman–Crippen MR) is 94.5 cm³/mol. The number of fused-ring (bicyclic) bond motifs is 2. The molecule has 3 N–H and O–H groups in total. The molecule has 4 rings (SSSR count). The highest BCUT2D eigenvalue weighted by Crippen LogP contribution is 2.19. The molecule has 0 saturated heterocycles. The van der Waals surface area contributed by atoms with Gasteiger partial charge in [-0.25, -0.2) is 0 Å². The van der Waals surface area contributed by atoms with Crippen molar-refractivity contribution in [1.82, 2.24) is 20.6 Å². The third-order valence-corrected chi connectivity index (χ3v) is 5.08. The molecule has 6 heteroatoms. The standard InChI is InChI=1S/C19H22N4O2/c24-18-13(9-12-3-1-2-4-16(12)23-18)10-22-19(25)14-5-8-21-17-6-7-20-11-15(14)17/h5,8-9,20H,1-4,6-7,10-11H2,(H,22,25)(H,23,24). The van der Waals surface area contributed by atoms with Crippen molar-refractivity contribution in [1.29, 1.82) is 0 Å². The molecule has 0 unspecified atom stereocenters. The normalized spacial score (nSPS) is 16.0. The van der Waals surface area contributed by atoms with Crippen molar-refractivity contribution in [2.45, 2.75) is 45.2 Å². The molecule has 2 aromatic heterocycles. The topological polar surface area (TPSA) is 86.9 Å². The molecule has 0 saturated carbocycles. The Hall–Kier alpha value is -2.47. The molecule has 25 heavy (non-hydrogen) atoms. The smallest absolute Gasteiger partial charge is 0.253 e. The summed E-state index contributed by atoms with van der Waals surface area (Å²) in [5, 5.41) is 6.18. The first kappa shape index (κ1) is 16.0. The summed E-state index contributed by atoms with van der Waals surface area (Å²) in [5.74, 6) is -0.153. The molecule has 1 amide bonds. The number of rotatable bonds is 3. The number of nitrogens with one attached hydrogen (secondary N) is 3. The Kier molecular flexibility index (Phi) is 4.36. The van der Waals surface area contributed by atoms with E-state index >= 15 is 0 Å². The van der Waals surface area contributed by atoms with Gasteiger partial charge in [0.15, 0.2) is 0 Å².